The Morgan fingerprint density at radius 3 is 2.56 bits per heavy atom. The fraction of sp³-hybridized carbons (Fsp3) is 0.263. The number of ether oxygens (including phenoxy) is 1. The van der Waals surface area contributed by atoms with Gasteiger partial charge in [-0.05, 0) is 25.5 Å². The van der Waals surface area contributed by atoms with Gasteiger partial charge >= 0.3 is 12.1 Å². The van der Waals surface area contributed by atoms with Crippen molar-refractivity contribution >= 4 is 40.0 Å². The molecule has 3 rings (SSSR count). The summed E-state index contributed by atoms with van der Waals surface area (Å²) in [6.07, 6.45) is -4.77. The van der Waals surface area contributed by atoms with Gasteiger partial charge in [-0.1, -0.05) is 42.1 Å². The number of aromatic nitrogens is 3. The minimum Gasteiger partial charge on any atom is -0.462 e. The highest BCUT2D eigenvalue weighted by Gasteiger charge is 2.38. The molecule has 0 saturated carbocycles. The summed E-state index contributed by atoms with van der Waals surface area (Å²) in [6.45, 7) is 3.29. The predicted octanol–water partition coefficient (Wildman–Crippen LogP) is 4.04. The summed E-state index contributed by atoms with van der Waals surface area (Å²) < 4.78 is 43.9. The first-order valence-corrected chi connectivity index (χ1v) is 10.9. The number of carbonyl (C=O) groups is 2. The molecule has 8 nitrogen and oxygen atoms in total. The van der Waals surface area contributed by atoms with Gasteiger partial charge in [0.2, 0.25) is 11.1 Å². The van der Waals surface area contributed by atoms with Gasteiger partial charge in [0.15, 0.2) is 0 Å². The summed E-state index contributed by atoms with van der Waals surface area (Å²) >= 11 is 1.88. The summed E-state index contributed by atoms with van der Waals surface area (Å²) in [5.74, 6) is 2.89. The lowest BCUT2D eigenvalue weighted by Crippen LogP contribution is -2.25. The van der Waals surface area contributed by atoms with E-state index in [2.05, 4.69) is 15.5 Å². The lowest BCUT2D eigenvalue weighted by molar-refractivity contribution is -0.146. The first-order valence-electron chi connectivity index (χ1n) is 9.23. The molecule has 0 aliphatic heterocycles. The van der Waals surface area contributed by atoms with Crippen LogP contribution in [0.5, 0.6) is 0 Å². The number of benzene rings is 1. The fourth-order valence-corrected chi connectivity index (χ4v) is 4.39. The van der Waals surface area contributed by atoms with Crippen LogP contribution in [0.2, 0.25) is 0 Å². The molecular formula is C19H18F3N5O3S2. The number of alkyl halides is 3. The van der Waals surface area contributed by atoms with Gasteiger partial charge in [-0.15, -0.1) is 21.5 Å². The van der Waals surface area contributed by atoms with Crippen molar-refractivity contribution in [2.75, 3.05) is 17.8 Å². The number of halogens is 3. The molecule has 1 amide bonds. The molecular weight excluding hydrogens is 467 g/mol. The smallest absolute Gasteiger partial charge is 0.453 e. The first kappa shape index (κ1) is 23.6. The predicted molar refractivity (Wildman–Crippen MR) is 115 cm³/mol. The number of nitrogens with zero attached hydrogens (tertiary/aromatic N) is 3. The van der Waals surface area contributed by atoms with E-state index in [4.69, 9.17) is 10.6 Å². The summed E-state index contributed by atoms with van der Waals surface area (Å²) in [5, 5.41) is 8.19. The molecule has 3 aromatic rings. The second-order valence-corrected chi connectivity index (χ2v) is 8.72. The third-order valence-electron chi connectivity index (χ3n) is 4.09. The molecule has 0 bridgehead atoms. The van der Waals surface area contributed by atoms with E-state index in [0.717, 1.165) is 10.4 Å². The van der Waals surface area contributed by atoms with Crippen LogP contribution in [0.1, 0.15) is 30.0 Å². The molecule has 2 heterocycles. The summed E-state index contributed by atoms with van der Waals surface area (Å²) in [6, 6.07) is 10.9. The van der Waals surface area contributed by atoms with Gasteiger partial charge in [0.05, 0.1) is 17.4 Å². The maximum atomic E-state index is 12.8. The Morgan fingerprint density at radius 2 is 1.97 bits per heavy atom. The topological polar surface area (TPSA) is 112 Å². The van der Waals surface area contributed by atoms with E-state index < -0.39 is 29.1 Å². The Morgan fingerprint density at radius 1 is 1.28 bits per heavy atom. The largest absolute Gasteiger partial charge is 0.462 e. The number of nitrogens with two attached hydrogens (primary N) is 1. The van der Waals surface area contributed by atoms with Crippen molar-refractivity contribution in [2.24, 2.45) is 0 Å². The van der Waals surface area contributed by atoms with Gasteiger partial charge in [-0.3, -0.25) is 4.79 Å². The first-order chi connectivity index (χ1) is 15.1. The zero-order valence-corrected chi connectivity index (χ0v) is 18.5. The average Bonchev–Trinajstić information content (AvgIpc) is 3.32. The van der Waals surface area contributed by atoms with Crippen LogP contribution in [-0.4, -0.2) is 38.6 Å². The van der Waals surface area contributed by atoms with Crippen LogP contribution >= 0.6 is 23.1 Å². The van der Waals surface area contributed by atoms with E-state index in [0.29, 0.717) is 11.8 Å². The van der Waals surface area contributed by atoms with E-state index in [1.54, 1.807) is 13.0 Å². The van der Waals surface area contributed by atoms with Gasteiger partial charge < -0.3 is 15.9 Å². The molecule has 1 atom stereocenters. The van der Waals surface area contributed by atoms with Crippen LogP contribution in [0.25, 0.3) is 10.4 Å². The highest BCUT2D eigenvalue weighted by Crippen LogP contribution is 2.37. The molecule has 0 saturated heterocycles. The number of esters is 1. The minimum atomic E-state index is -4.77. The number of anilines is 1. The normalized spacial score (nSPS) is 12.4. The Labute approximate surface area is 188 Å². The number of amides is 1. The van der Waals surface area contributed by atoms with Crippen LogP contribution in [0.4, 0.5) is 18.2 Å². The van der Waals surface area contributed by atoms with Crippen LogP contribution in [0.15, 0.2) is 41.6 Å². The van der Waals surface area contributed by atoms with Gasteiger partial charge in [0.1, 0.15) is 5.00 Å². The zero-order valence-electron chi connectivity index (χ0n) is 16.8. The molecule has 3 N–H and O–H groups in total. The van der Waals surface area contributed by atoms with E-state index in [9.17, 15) is 22.8 Å². The highest BCUT2D eigenvalue weighted by atomic mass is 32.2. The number of nitrogens with one attached hydrogen (secondary N) is 1. The third-order valence-corrected chi connectivity index (χ3v) is 6.25. The molecule has 32 heavy (non-hydrogen) atoms. The maximum absolute atomic E-state index is 12.8. The van der Waals surface area contributed by atoms with Crippen molar-refractivity contribution in [3.05, 3.63) is 47.8 Å². The van der Waals surface area contributed by atoms with Gasteiger partial charge in [0, 0.05) is 4.88 Å². The standard InChI is InChI=1S/C19H18F3N5O3S2/c1-3-30-16(29)12-9-13(11-7-5-4-6-8-11)32-15(12)24-14(28)10(2)31-18-26-25-17(27(18)23)19(20,21)22/h4-10H,3,23H2,1-2H3,(H,24,28)/t10-/m1/s1. The van der Waals surface area contributed by atoms with E-state index in [-0.39, 0.29) is 27.0 Å². The third kappa shape index (κ3) is 5.22. The van der Waals surface area contributed by atoms with Gasteiger partial charge in [-0.2, -0.15) is 13.2 Å². The van der Waals surface area contributed by atoms with Crippen molar-refractivity contribution in [3.8, 4) is 10.4 Å². The highest BCUT2D eigenvalue weighted by molar-refractivity contribution is 8.00. The van der Waals surface area contributed by atoms with Crippen molar-refractivity contribution < 1.29 is 27.5 Å². The molecule has 0 aliphatic rings. The molecule has 0 spiro atoms. The minimum absolute atomic E-state index is 0.155. The molecule has 0 radical (unpaired) electrons. The van der Waals surface area contributed by atoms with Crippen LogP contribution in [0, 0.1) is 0 Å². The van der Waals surface area contributed by atoms with Crippen LogP contribution in [-0.2, 0) is 15.7 Å². The Bertz CT molecular complexity index is 1120. The summed E-state index contributed by atoms with van der Waals surface area (Å²) in [5.41, 5.74) is 1.03. The van der Waals surface area contributed by atoms with Crippen molar-refractivity contribution in [1.82, 2.24) is 14.9 Å². The summed E-state index contributed by atoms with van der Waals surface area (Å²) in [7, 11) is 0. The quantitative estimate of drug-likeness (QED) is 0.295. The Hall–Kier alpha value is -3.06. The molecule has 2 aromatic heterocycles. The summed E-state index contributed by atoms with van der Waals surface area (Å²) in [4.78, 5) is 25.8. The van der Waals surface area contributed by atoms with Crippen molar-refractivity contribution in [1.29, 1.82) is 0 Å². The Balaban J connectivity index is 1.81. The van der Waals surface area contributed by atoms with E-state index in [1.165, 1.54) is 18.3 Å². The van der Waals surface area contributed by atoms with Crippen LogP contribution in [0.3, 0.4) is 0 Å². The number of thiophene rings is 1. The lowest BCUT2D eigenvalue weighted by Gasteiger charge is -2.12. The maximum Gasteiger partial charge on any atom is 0.453 e. The Kier molecular flexibility index (Phi) is 7.09. The molecule has 0 unspecified atom stereocenters. The zero-order chi connectivity index (χ0) is 23.5. The number of thioether (sulfide) groups is 1. The number of hydrogen-bond donors (Lipinski definition) is 2. The number of rotatable bonds is 7. The number of carbonyl (C=O) groups excluding carboxylic acids is 2. The SMILES string of the molecule is CCOC(=O)c1cc(-c2ccccc2)sc1NC(=O)[C@@H](C)Sc1nnc(C(F)(F)F)n1N. The van der Waals surface area contributed by atoms with Crippen molar-refractivity contribution in [2.45, 2.75) is 30.4 Å². The molecule has 0 fully saturated rings. The van der Waals surface area contributed by atoms with E-state index in [1.807, 2.05) is 30.3 Å². The lowest BCUT2D eigenvalue weighted by atomic mass is 10.1. The molecule has 13 heteroatoms. The van der Waals surface area contributed by atoms with Crippen LogP contribution < -0.4 is 11.2 Å². The van der Waals surface area contributed by atoms with Gasteiger partial charge in [-0.25, -0.2) is 9.47 Å². The second-order valence-electron chi connectivity index (χ2n) is 6.36. The van der Waals surface area contributed by atoms with Crippen molar-refractivity contribution in [3.63, 3.8) is 0 Å². The molecule has 1 aromatic carbocycles. The molecule has 170 valence electrons. The average molecular weight is 486 g/mol. The monoisotopic (exact) mass is 485 g/mol. The van der Waals surface area contributed by atoms with E-state index >= 15 is 0 Å². The number of hydrogen-bond acceptors (Lipinski definition) is 8. The molecule has 0 aliphatic carbocycles. The second kappa shape index (κ2) is 9.61. The fourth-order valence-electron chi connectivity index (χ4n) is 2.56. The van der Waals surface area contributed by atoms with Gasteiger partial charge in [0.25, 0.3) is 5.82 Å². The number of nitrogen functional groups attached to an aromatic ring is 1.